The van der Waals surface area contributed by atoms with Crippen LogP contribution in [0.3, 0.4) is 0 Å². The third kappa shape index (κ3) is 5.81. The van der Waals surface area contributed by atoms with Crippen LogP contribution >= 0.6 is 0 Å². The zero-order valence-electron chi connectivity index (χ0n) is 17.8. The summed E-state index contributed by atoms with van der Waals surface area (Å²) in [5, 5.41) is 18.7. The maximum atomic E-state index is 9.34. The number of aromatic nitrogens is 4. The van der Waals surface area contributed by atoms with Crippen LogP contribution in [0.4, 0.5) is 11.8 Å². The Kier molecular flexibility index (Phi) is 8.39. The second kappa shape index (κ2) is 11.4. The largest absolute Gasteiger partial charge is 0.461 e. The molecule has 0 aliphatic heterocycles. The van der Waals surface area contributed by atoms with Crippen molar-refractivity contribution >= 4 is 22.9 Å². The highest BCUT2D eigenvalue weighted by Crippen LogP contribution is 2.27. The van der Waals surface area contributed by atoms with E-state index in [4.69, 9.17) is 20.2 Å². The number of nitrogens with two attached hydrogens (primary N) is 1. The van der Waals surface area contributed by atoms with Crippen molar-refractivity contribution in [2.24, 2.45) is 0 Å². The maximum Gasteiger partial charge on any atom is 0.320 e. The van der Waals surface area contributed by atoms with Crippen molar-refractivity contribution in [1.82, 2.24) is 19.5 Å². The van der Waals surface area contributed by atoms with Crippen molar-refractivity contribution in [1.29, 1.82) is 0 Å². The number of rotatable bonds is 13. The number of methoxy groups -OCH3 is 1. The Balaban J connectivity index is 2.07. The summed E-state index contributed by atoms with van der Waals surface area (Å²) >= 11 is 0. The van der Waals surface area contributed by atoms with Crippen molar-refractivity contribution < 1.29 is 19.7 Å². The smallest absolute Gasteiger partial charge is 0.320 e. The summed E-state index contributed by atoms with van der Waals surface area (Å²) < 4.78 is 12.6. The minimum absolute atomic E-state index is 0.0635. The van der Waals surface area contributed by atoms with E-state index in [1.165, 1.54) is 0 Å². The summed E-state index contributed by atoms with van der Waals surface area (Å²) in [5.41, 5.74) is 8.33. The maximum absolute atomic E-state index is 9.34. The van der Waals surface area contributed by atoms with E-state index in [1.54, 1.807) is 7.11 Å². The Hall–Kier alpha value is -2.95. The lowest BCUT2D eigenvalue weighted by Gasteiger charge is -2.24. The van der Waals surface area contributed by atoms with Gasteiger partial charge >= 0.3 is 6.01 Å². The molecule has 0 aliphatic carbocycles. The van der Waals surface area contributed by atoms with E-state index in [2.05, 4.69) is 9.97 Å². The van der Waals surface area contributed by atoms with Gasteiger partial charge in [0.05, 0.1) is 13.2 Å². The van der Waals surface area contributed by atoms with E-state index in [1.807, 2.05) is 39.8 Å². The summed E-state index contributed by atoms with van der Waals surface area (Å²) in [6, 6.07) is 10.1. The molecule has 1 aromatic carbocycles. The molecular weight excluding hydrogens is 400 g/mol. The fourth-order valence-electron chi connectivity index (χ4n) is 3.26. The highest BCUT2D eigenvalue weighted by molar-refractivity contribution is 5.84. The second-order valence-electron chi connectivity index (χ2n) is 7.03. The van der Waals surface area contributed by atoms with Crippen LogP contribution in [-0.2, 0) is 11.3 Å². The summed E-state index contributed by atoms with van der Waals surface area (Å²) in [7, 11) is 1.59. The van der Waals surface area contributed by atoms with Gasteiger partial charge in [-0.1, -0.05) is 30.3 Å². The van der Waals surface area contributed by atoms with E-state index in [0.717, 1.165) is 5.56 Å². The second-order valence-corrected chi connectivity index (χ2v) is 7.03. The van der Waals surface area contributed by atoms with Crippen LogP contribution in [0.2, 0.25) is 0 Å². The van der Waals surface area contributed by atoms with Gasteiger partial charge in [0, 0.05) is 33.4 Å². The van der Waals surface area contributed by atoms with Gasteiger partial charge in [-0.2, -0.15) is 9.97 Å². The van der Waals surface area contributed by atoms with Gasteiger partial charge in [-0.25, -0.2) is 4.98 Å². The number of aliphatic hydroxyl groups is 2. The van der Waals surface area contributed by atoms with Gasteiger partial charge in [-0.3, -0.25) is 4.57 Å². The van der Waals surface area contributed by atoms with Crippen molar-refractivity contribution in [3.8, 4) is 6.01 Å². The molecule has 0 aliphatic rings. The Labute approximate surface area is 181 Å². The Morgan fingerprint density at radius 1 is 1.00 bits per heavy atom. The molecular formula is C21H30N6O4. The summed E-state index contributed by atoms with van der Waals surface area (Å²) in [4.78, 5) is 15.6. The van der Waals surface area contributed by atoms with Crippen LogP contribution in [-0.4, -0.2) is 76.4 Å². The molecule has 0 radical (unpaired) electrons. The highest BCUT2D eigenvalue weighted by Gasteiger charge is 2.21. The van der Waals surface area contributed by atoms with Gasteiger partial charge in [-0.05, 0) is 18.4 Å². The standard InChI is InChI=1S/C21H30N6O4/c1-30-13-14-31-20-24-18(22)17-19(25-20)27(15-16-7-3-2-4-8-16)21(23-17)26(9-5-11-28)10-6-12-29/h2-4,7-8,28-29H,5-6,9-15H2,1H3,(H2,22,24,25). The molecule has 0 unspecified atom stereocenters. The molecule has 10 heteroatoms. The van der Waals surface area contributed by atoms with Crippen LogP contribution < -0.4 is 15.4 Å². The molecule has 0 amide bonds. The Morgan fingerprint density at radius 3 is 2.35 bits per heavy atom. The van der Waals surface area contributed by atoms with Crippen molar-refractivity contribution in [3.63, 3.8) is 0 Å². The lowest BCUT2D eigenvalue weighted by atomic mass is 10.2. The fraction of sp³-hybridized carbons (Fsp3) is 0.476. The quantitative estimate of drug-likeness (QED) is 0.340. The Morgan fingerprint density at radius 2 is 1.71 bits per heavy atom. The van der Waals surface area contributed by atoms with Gasteiger partial charge in [0.1, 0.15) is 6.61 Å². The summed E-state index contributed by atoms with van der Waals surface area (Å²) in [6.07, 6.45) is 1.15. The van der Waals surface area contributed by atoms with Crippen molar-refractivity contribution in [2.45, 2.75) is 19.4 Å². The normalized spacial score (nSPS) is 11.2. The van der Waals surface area contributed by atoms with Gasteiger partial charge in [0.15, 0.2) is 17.0 Å². The lowest BCUT2D eigenvalue weighted by Crippen LogP contribution is -2.30. The fourth-order valence-corrected chi connectivity index (χ4v) is 3.26. The molecule has 168 valence electrons. The van der Waals surface area contributed by atoms with E-state index < -0.39 is 0 Å². The summed E-state index contributed by atoms with van der Waals surface area (Å²) in [6.45, 7) is 2.53. The van der Waals surface area contributed by atoms with E-state index in [0.29, 0.717) is 62.8 Å². The summed E-state index contributed by atoms with van der Waals surface area (Å²) in [5.74, 6) is 0.894. The number of nitrogens with zero attached hydrogens (tertiary/aromatic N) is 5. The predicted molar refractivity (Wildman–Crippen MR) is 118 cm³/mol. The van der Waals surface area contributed by atoms with E-state index in [9.17, 15) is 10.2 Å². The van der Waals surface area contributed by atoms with Gasteiger partial charge in [-0.15, -0.1) is 0 Å². The molecule has 2 heterocycles. The molecule has 10 nitrogen and oxygen atoms in total. The Bertz CT molecular complexity index is 942. The monoisotopic (exact) mass is 430 g/mol. The first-order valence-electron chi connectivity index (χ1n) is 10.3. The predicted octanol–water partition coefficient (Wildman–Crippen LogP) is 1.05. The molecule has 0 saturated carbocycles. The molecule has 0 atom stereocenters. The zero-order chi connectivity index (χ0) is 22.1. The number of ether oxygens (including phenoxy) is 2. The molecule has 0 spiro atoms. The zero-order valence-corrected chi connectivity index (χ0v) is 17.8. The lowest BCUT2D eigenvalue weighted by molar-refractivity contribution is 0.141. The molecule has 4 N–H and O–H groups in total. The molecule has 2 aromatic heterocycles. The number of anilines is 2. The first-order chi connectivity index (χ1) is 15.2. The topological polar surface area (TPSA) is 132 Å². The number of hydrogen-bond donors (Lipinski definition) is 3. The first kappa shape index (κ1) is 22.7. The molecule has 31 heavy (non-hydrogen) atoms. The number of nitrogen functional groups attached to an aromatic ring is 1. The van der Waals surface area contributed by atoms with Gasteiger partial charge < -0.3 is 30.3 Å². The molecule has 3 rings (SSSR count). The number of imidazole rings is 1. The third-order valence-electron chi connectivity index (χ3n) is 4.74. The van der Waals surface area contributed by atoms with Crippen molar-refractivity contribution in [3.05, 3.63) is 35.9 Å². The first-order valence-corrected chi connectivity index (χ1v) is 10.3. The number of fused-ring (bicyclic) bond motifs is 1. The van der Waals surface area contributed by atoms with Crippen molar-refractivity contribution in [2.75, 3.05) is 57.3 Å². The average Bonchev–Trinajstić information content (AvgIpc) is 3.13. The minimum Gasteiger partial charge on any atom is -0.461 e. The van der Waals surface area contributed by atoms with Gasteiger partial charge in [0.25, 0.3) is 0 Å². The molecule has 3 aromatic rings. The molecule has 0 fully saturated rings. The minimum atomic E-state index is 0.0635. The molecule has 0 bridgehead atoms. The van der Waals surface area contributed by atoms with E-state index in [-0.39, 0.29) is 25.0 Å². The van der Waals surface area contributed by atoms with E-state index >= 15 is 0 Å². The SMILES string of the molecule is COCCOc1nc(N)c2nc(N(CCCO)CCCO)n(Cc3ccccc3)c2n1. The molecule has 0 saturated heterocycles. The highest BCUT2D eigenvalue weighted by atomic mass is 16.5. The van der Waals surface area contributed by atoms with Gasteiger partial charge in [0.2, 0.25) is 5.95 Å². The van der Waals surface area contributed by atoms with Crippen LogP contribution in [0, 0.1) is 0 Å². The number of aliphatic hydroxyl groups excluding tert-OH is 2. The third-order valence-corrected chi connectivity index (χ3v) is 4.74. The number of hydrogen-bond acceptors (Lipinski definition) is 9. The average molecular weight is 431 g/mol. The van der Waals surface area contributed by atoms with Crippen LogP contribution in [0.1, 0.15) is 18.4 Å². The van der Waals surface area contributed by atoms with Crippen LogP contribution in [0.25, 0.3) is 11.2 Å². The van der Waals surface area contributed by atoms with Crippen LogP contribution in [0.15, 0.2) is 30.3 Å². The van der Waals surface area contributed by atoms with Crippen LogP contribution in [0.5, 0.6) is 6.01 Å². The number of benzene rings is 1.